The summed E-state index contributed by atoms with van der Waals surface area (Å²) in [6, 6.07) is 7.34. The molecule has 1 aromatic heterocycles. The summed E-state index contributed by atoms with van der Waals surface area (Å²) in [6.45, 7) is 2.38. The third-order valence-electron chi connectivity index (χ3n) is 2.88. The molecular weight excluding hydrogens is 322 g/mol. The number of hydrogen-bond donors (Lipinski definition) is 1. The lowest BCUT2D eigenvalue weighted by Gasteiger charge is -2.14. The Kier molecular flexibility index (Phi) is 4.79. The van der Waals surface area contributed by atoms with E-state index in [4.69, 9.17) is 4.74 Å². The summed E-state index contributed by atoms with van der Waals surface area (Å²) in [7, 11) is 1.58. The van der Waals surface area contributed by atoms with Crippen LogP contribution in [0.5, 0.6) is 5.75 Å². The predicted molar refractivity (Wildman–Crippen MR) is 80.7 cm³/mol. The Balaban J connectivity index is 2.00. The molecule has 106 valence electrons. The second kappa shape index (κ2) is 6.56. The van der Waals surface area contributed by atoms with E-state index >= 15 is 0 Å². The molecule has 0 aliphatic heterocycles. The number of amides is 1. The van der Waals surface area contributed by atoms with Gasteiger partial charge in [-0.05, 0) is 28.1 Å². The van der Waals surface area contributed by atoms with Crippen LogP contribution in [-0.4, -0.2) is 22.8 Å². The van der Waals surface area contributed by atoms with Crippen molar-refractivity contribution >= 4 is 27.5 Å². The maximum Gasteiger partial charge on any atom is 0.229 e. The van der Waals surface area contributed by atoms with Crippen molar-refractivity contribution in [1.29, 1.82) is 0 Å². The van der Waals surface area contributed by atoms with Gasteiger partial charge >= 0.3 is 0 Å². The molecule has 20 heavy (non-hydrogen) atoms. The normalized spacial score (nSPS) is 11.9. The molecule has 1 atom stereocenters. The molecule has 6 heteroatoms. The van der Waals surface area contributed by atoms with Crippen molar-refractivity contribution < 1.29 is 9.53 Å². The SMILES string of the molecule is COc1ccccc1NC(=O)[C@@H](C)Cn1cc(Br)cn1. The highest BCUT2D eigenvalue weighted by molar-refractivity contribution is 9.10. The fourth-order valence-corrected chi connectivity index (χ4v) is 2.13. The Labute approximate surface area is 126 Å². The lowest BCUT2D eigenvalue weighted by molar-refractivity contribution is -0.119. The summed E-state index contributed by atoms with van der Waals surface area (Å²) < 4.78 is 7.84. The first-order valence-electron chi connectivity index (χ1n) is 6.22. The number of para-hydroxylation sites is 2. The topological polar surface area (TPSA) is 56.1 Å². The Morgan fingerprint density at radius 2 is 2.25 bits per heavy atom. The highest BCUT2D eigenvalue weighted by atomic mass is 79.9. The van der Waals surface area contributed by atoms with E-state index in [2.05, 4.69) is 26.3 Å². The zero-order valence-corrected chi connectivity index (χ0v) is 12.9. The van der Waals surface area contributed by atoms with E-state index < -0.39 is 0 Å². The molecule has 0 saturated heterocycles. The highest BCUT2D eigenvalue weighted by Gasteiger charge is 2.15. The van der Waals surface area contributed by atoms with Gasteiger partial charge in [0.2, 0.25) is 5.91 Å². The standard InChI is InChI=1S/C14H16BrN3O2/c1-10(8-18-9-11(15)7-16-18)14(19)17-12-5-3-4-6-13(12)20-2/h3-7,9-10H,8H2,1-2H3,(H,17,19)/t10-/m0/s1. The van der Waals surface area contributed by atoms with Crippen molar-refractivity contribution in [1.82, 2.24) is 9.78 Å². The van der Waals surface area contributed by atoms with Crippen molar-refractivity contribution in [3.05, 3.63) is 41.1 Å². The van der Waals surface area contributed by atoms with E-state index in [0.29, 0.717) is 18.0 Å². The molecular formula is C14H16BrN3O2. The smallest absolute Gasteiger partial charge is 0.229 e. The van der Waals surface area contributed by atoms with Gasteiger partial charge < -0.3 is 10.1 Å². The van der Waals surface area contributed by atoms with E-state index in [-0.39, 0.29) is 11.8 Å². The molecule has 0 bridgehead atoms. The maximum atomic E-state index is 12.2. The number of benzene rings is 1. The molecule has 0 unspecified atom stereocenters. The third-order valence-corrected chi connectivity index (χ3v) is 3.28. The first-order valence-corrected chi connectivity index (χ1v) is 7.01. The molecule has 0 spiro atoms. The van der Waals surface area contributed by atoms with E-state index in [1.54, 1.807) is 18.0 Å². The van der Waals surface area contributed by atoms with Gasteiger partial charge in [0.05, 0.1) is 35.9 Å². The van der Waals surface area contributed by atoms with Gasteiger partial charge in [-0.3, -0.25) is 9.48 Å². The van der Waals surface area contributed by atoms with Crippen molar-refractivity contribution in [3.8, 4) is 5.75 Å². The zero-order valence-electron chi connectivity index (χ0n) is 11.3. The average molecular weight is 338 g/mol. The molecule has 1 N–H and O–H groups in total. The van der Waals surface area contributed by atoms with Crippen LogP contribution in [0, 0.1) is 5.92 Å². The Morgan fingerprint density at radius 1 is 1.50 bits per heavy atom. The van der Waals surface area contributed by atoms with Crippen molar-refractivity contribution in [2.75, 3.05) is 12.4 Å². The molecule has 0 saturated carbocycles. The number of ether oxygens (including phenoxy) is 1. The summed E-state index contributed by atoms with van der Waals surface area (Å²) in [6.07, 6.45) is 3.54. The molecule has 1 heterocycles. The number of aromatic nitrogens is 2. The fraction of sp³-hybridized carbons (Fsp3) is 0.286. The lowest BCUT2D eigenvalue weighted by atomic mass is 10.1. The minimum absolute atomic E-state index is 0.0684. The molecule has 5 nitrogen and oxygen atoms in total. The number of nitrogens with one attached hydrogen (secondary N) is 1. The summed E-state index contributed by atoms with van der Waals surface area (Å²) in [5, 5.41) is 7.02. The lowest BCUT2D eigenvalue weighted by Crippen LogP contribution is -2.24. The minimum atomic E-state index is -0.202. The van der Waals surface area contributed by atoms with E-state index in [1.165, 1.54) is 0 Å². The largest absolute Gasteiger partial charge is 0.495 e. The van der Waals surface area contributed by atoms with Crippen LogP contribution in [-0.2, 0) is 11.3 Å². The Bertz CT molecular complexity index is 598. The Hall–Kier alpha value is -1.82. The quantitative estimate of drug-likeness (QED) is 0.912. The molecule has 0 radical (unpaired) electrons. The second-order valence-electron chi connectivity index (χ2n) is 4.47. The molecule has 0 aliphatic rings. The molecule has 1 amide bonds. The average Bonchev–Trinajstić information content (AvgIpc) is 2.84. The van der Waals surface area contributed by atoms with Gasteiger partial charge in [0.25, 0.3) is 0 Å². The van der Waals surface area contributed by atoms with Crippen LogP contribution < -0.4 is 10.1 Å². The number of carbonyl (C=O) groups excluding carboxylic acids is 1. The number of hydrogen-bond acceptors (Lipinski definition) is 3. The number of nitrogens with zero attached hydrogens (tertiary/aromatic N) is 2. The first kappa shape index (κ1) is 14.6. The van der Waals surface area contributed by atoms with Crippen LogP contribution in [0.2, 0.25) is 0 Å². The van der Waals surface area contributed by atoms with E-state index in [1.807, 2.05) is 37.4 Å². The number of anilines is 1. The molecule has 0 aliphatic carbocycles. The summed E-state index contributed by atoms with van der Waals surface area (Å²) >= 11 is 3.33. The minimum Gasteiger partial charge on any atom is -0.495 e. The monoisotopic (exact) mass is 337 g/mol. The van der Waals surface area contributed by atoms with Gasteiger partial charge in [0.1, 0.15) is 5.75 Å². The van der Waals surface area contributed by atoms with Crippen molar-refractivity contribution in [3.63, 3.8) is 0 Å². The molecule has 1 aromatic carbocycles. The fourth-order valence-electron chi connectivity index (χ4n) is 1.81. The summed E-state index contributed by atoms with van der Waals surface area (Å²) in [5.41, 5.74) is 0.675. The number of halogens is 1. The van der Waals surface area contributed by atoms with E-state index in [9.17, 15) is 4.79 Å². The van der Waals surface area contributed by atoms with Gasteiger partial charge in [0.15, 0.2) is 0 Å². The summed E-state index contributed by atoms with van der Waals surface area (Å²) in [5.74, 6) is 0.378. The molecule has 2 aromatic rings. The molecule has 0 fully saturated rings. The number of methoxy groups -OCH3 is 1. The highest BCUT2D eigenvalue weighted by Crippen LogP contribution is 2.23. The molecule has 2 rings (SSSR count). The van der Waals surface area contributed by atoms with E-state index in [0.717, 1.165) is 4.47 Å². The van der Waals surface area contributed by atoms with Crippen LogP contribution in [0.15, 0.2) is 41.1 Å². The van der Waals surface area contributed by atoms with Gasteiger partial charge in [0, 0.05) is 6.20 Å². The van der Waals surface area contributed by atoms with Crippen LogP contribution in [0.25, 0.3) is 0 Å². The zero-order chi connectivity index (χ0) is 14.5. The third kappa shape index (κ3) is 3.60. The van der Waals surface area contributed by atoms with Gasteiger partial charge in [-0.2, -0.15) is 5.10 Å². The van der Waals surface area contributed by atoms with Crippen LogP contribution in [0.4, 0.5) is 5.69 Å². The van der Waals surface area contributed by atoms with Crippen LogP contribution in [0.1, 0.15) is 6.92 Å². The summed E-state index contributed by atoms with van der Waals surface area (Å²) in [4.78, 5) is 12.2. The van der Waals surface area contributed by atoms with Gasteiger partial charge in [-0.1, -0.05) is 19.1 Å². The number of rotatable bonds is 5. The van der Waals surface area contributed by atoms with Crippen LogP contribution in [0.3, 0.4) is 0 Å². The predicted octanol–water partition coefficient (Wildman–Crippen LogP) is 2.93. The second-order valence-corrected chi connectivity index (χ2v) is 5.39. The van der Waals surface area contributed by atoms with Gasteiger partial charge in [-0.15, -0.1) is 0 Å². The van der Waals surface area contributed by atoms with Crippen molar-refractivity contribution in [2.45, 2.75) is 13.5 Å². The van der Waals surface area contributed by atoms with Crippen LogP contribution >= 0.6 is 15.9 Å². The Morgan fingerprint density at radius 3 is 2.90 bits per heavy atom. The van der Waals surface area contributed by atoms with Gasteiger partial charge in [-0.25, -0.2) is 0 Å². The first-order chi connectivity index (χ1) is 9.60. The van der Waals surface area contributed by atoms with Crippen molar-refractivity contribution in [2.24, 2.45) is 5.92 Å². The number of carbonyl (C=O) groups is 1. The maximum absolute atomic E-state index is 12.2.